The molecule has 26 heavy (non-hydrogen) atoms. The Kier molecular flexibility index (Phi) is 4.15. The van der Waals surface area contributed by atoms with Crippen LogP contribution in [0.4, 0.5) is 0 Å². The molecule has 0 radical (unpaired) electrons. The molecular weight excluding hydrogens is 330 g/mol. The number of aromatic nitrogens is 1. The van der Waals surface area contributed by atoms with Crippen molar-refractivity contribution in [1.82, 2.24) is 14.8 Å². The SMILES string of the molecule is CCCN1C[C@@]2(C(=O)O)CN(Cc3cccc4cnccc34)C[C@H]2C1=O. The number of carboxylic acids is 1. The second-order valence-electron chi connectivity index (χ2n) is 7.46. The highest BCUT2D eigenvalue weighted by molar-refractivity contribution is 5.92. The third-order valence-corrected chi connectivity index (χ3v) is 5.78. The van der Waals surface area contributed by atoms with Crippen LogP contribution in [0.2, 0.25) is 0 Å². The topological polar surface area (TPSA) is 73.7 Å². The molecule has 0 spiro atoms. The lowest BCUT2D eigenvalue weighted by Gasteiger charge is -2.25. The Balaban J connectivity index is 1.60. The molecule has 1 N–H and O–H groups in total. The van der Waals surface area contributed by atoms with Crippen molar-refractivity contribution < 1.29 is 14.7 Å². The fraction of sp³-hybridized carbons (Fsp3) is 0.450. The number of aliphatic carboxylic acids is 1. The van der Waals surface area contributed by atoms with Crippen LogP contribution in [0, 0.1) is 11.3 Å². The average molecular weight is 353 g/mol. The first-order valence-corrected chi connectivity index (χ1v) is 9.11. The minimum absolute atomic E-state index is 0.00105. The first kappa shape index (κ1) is 17.0. The van der Waals surface area contributed by atoms with E-state index in [1.807, 2.05) is 31.3 Å². The normalized spacial score (nSPS) is 25.8. The lowest BCUT2D eigenvalue weighted by Crippen LogP contribution is -2.40. The van der Waals surface area contributed by atoms with Gasteiger partial charge in [0, 0.05) is 50.5 Å². The summed E-state index contributed by atoms with van der Waals surface area (Å²) in [6.45, 7) is 4.55. The van der Waals surface area contributed by atoms with Gasteiger partial charge in [-0.2, -0.15) is 0 Å². The lowest BCUT2D eigenvalue weighted by molar-refractivity contribution is -0.149. The number of carboxylic acid groups (broad SMARTS) is 1. The van der Waals surface area contributed by atoms with Gasteiger partial charge in [0.15, 0.2) is 0 Å². The summed E-state index contributed by atoms with van der Waals surface area (Å²) in [7, 11) is 0. The number of hydrogen-bond acceptors (Lipinski definition) is 4. The number of pyridine rings is 1. The molecule has 6 nitrogen and oxygen atoms in total. The van der Waals surface area contributed by atoms with Crippen LogP contribution in [0.3, 0.4) is 0 Å². The van der Waals surface area contributed by atoms with Gasteiger partial charge < -0.3 is 10.0 Å². The van der Waals surface area contributed by atoms with Crippen LogP contribution in [0.15, 0.2) is 36.7 Å². The molecule has 2 aliphatic heterocycles. The molecule has 0 aliphatic carbocycles. The molecule has 3 heterocycles. The van der Waals surface area contributed by atoms with E-state index in [4.69, 9.17) is 0 Å². The van der Waals surface area contributed by atoms with E-state index in [9.17, 15) is 14.7 Å². The van der Waals surface area contributed by atoms with E-state index in [0.29, 0.717) is 32.7 Å². The predicted octanol–water partition coefficient (Wildman–Crippen LogP) is 1.99. The van der Waals surface area contributed by atoms with Crippen LogP contribution in [-0.2, 0) is 16.1 Å². The van der Waals surface area contributed by atoms with Gasteiger partial charge >= 0.3 is 5.97 Å². The number of fused-ring (bicyclic) bond motifs is 2. The number of hydrogen-bond donors (Lipinski definition) is 1. The highest BCUT2D eigenvalue weighted by atomic mass is 16.4. The Bertz CT molecular complexity index is 863. The van der Waals surface area contributed by atoms with E-state index in [1.165, 1.54) is 0 Å². The summed E-state index contributed by atoms with van der Waals surface area (Å²) in [5.74, 6) is -1.29. The first-order valence-electron chi connectivity index (χ1n) is 9.11. The van der Waals surface area contributed by atoms with E-state index >= 15 is 0 Å². The van der Waals surface area contributed by atoms with Crippen LogP contribution in [0.5, 0.6) is 0 Å². The van der Waals surface area contributed by atoms with Crippen LogP contribution in [-0.4, -0.2) is 57.9 Å². The summed E-state index contributed by atoms with van der Waals surface area (Å²) in [6.07, 6.45) is 4.46. The molecule has 0 bridgehead atoms. The zero-order valence-corrected chi connectivity index (χ0v) is 14.9. The van der Waals surface area contributed by atoms with Crippen LogP contribution >= 0.6 is 0 Å². The van der Waals surface area contributed by atoms with Gasteiger partial charge in [-0.05, 0) is 23.4 Å². The molecule has 1 aromatic heterocycles. The van der Waals surface area contributed by atoms with E-state index in [-0.39, 0.29) is 5.91 Å². The smallest absolute Gasteiger partial charge is 0.313 e. The van der Waals surface area contributed by atoms with E-state index in [0.717, 1.165) is 22.8 Å². The summed E-state index contributed by atoms with van der Waals surface area (Å²) in [5.41, 5.74) is 0.168. The Morgan fingerprint density at radius 1 is 1.35 bits per heavy atom. The van der Waals surface area contributed by atoms with Gasteiger partial charge in [-0.25, -0.2) is 0 Å². The van der Waals surface area contributed by atoms with Crippen LogP contribution < -0.4 is 0 Å². The molecule has 4 rings (SSSR count). The second-order valence-corrected chi connectivity index (χ2v) is 7.46. The predicted molar refractivity (Wildman–Crippen MR) is 97.4 cm³/mol. The van der Waals surface area contributed by atoms with Gasteiger partial charge in [-0.15, -0.1) is 0 Å². The Labute approximate surface area is 152 Å². The number of rotatable bonds is 5. The molecule has 2 aliphatic rings. The summed E-state index contributed by atoms with van der Waals surface area (Å²) >= 11 is 0. The maximum atomic E-state index is 12.7. The summed E-state index contributed by atoms with van der Waals surface area (Å²) in [5, 5.41) is 12.1. The van der Waals surface area contributed by atoms with Crippen molar-refractivity contribution in [3.8, 4) is 0 Å². The van der Waals surface area contributed by atoms with Gasteiger partial charge in [-0.1, -0.05) is 25.1 Å². The van der Waals surface area contributed by atoms with Crippen molar-refractivity contribution in [3.05, 3.63) is 42.2 Å². The number of carbonyl (C=O) groups is 2. The van der Waals surface area contributed by atoms with Crippen molar-refractivity contribution in [1.29, 1.82) is 0 Å². The molecule has 2 saturated heterocycles. The Morgan fingerprint density at radius 2 is 2.19 bits per heavy atom. The average Bonchev–Trinajstić information content (AvgIpc) is 3.12. The number of carbonyl (C=O) groups excluding carboxylic acids is 1. The van der Waals surface area contributed by atoms with Gasteiger partial charge in [0.05, 0.1) is 5.92 Å². The molecule has 136 valence electrons. The Hall–Kier alpha value is -2.47. The molecular formula is C20H23N3O3. The minimum Gasteiger partial charge on any atom is -0.481 e. The van der Waals surface area contributed by atoms with Crippen molar-refractivity contribution in [2.24, 2.45) is 11.3 Å². The maximum Gasteiger partial charge on any atom is 0.313 e. The van der Waals surface area contributed by atoms with E-state index < -0.39 is 17.3 Å². The van der Waals surface area contributed by atoms with Crippen LogP contribution in [0.25, 0.3) is 10.8 Å². The second kappa shape index (κ2) is 6.36. The minimum atomic E-state index is -0.974. The maximum absolute atomic E-state index is 12.7. The van der Waals surface area contributed by atoms with Crippen molar-refractivity contribution in [2.75, 3.05) is 26.2 Å². The fourth-order valence-corrected chi connectivity index (χ4v) is 4.55. The quantitative estimate of drug-likeness (QED) is 0.890. The number of benzene rings is 1. The summed E-state index contributed by atoms with van der Waals surface area (Å²) in [4.78, 5) is 32.8. The van der Waals surface area contributed by atoms with Gasteiger partial charge in [0.1, 0.15) is 5.41 Å². The molecule has 0 unspecified atom stereocenters. The van der Waals surface area contributed by atoms with Gasteiger partial charge in [0.2, 0.25) is 5.91 Å². The third kappa shape index (κ3) is 2.56. The lowest BCUT2D eigenvalue weighted by atomic mass is 9.81. The standard InChI is InChI=1S/C20H23N3O3/c1-2-8-23-13-20(19(25)26)12-22(11-17(20)18(23)24)10-15-5-3-4-14-9-21-7-6-16(14)15/h3-7,9,17H,2,8,10-13H2,1H3,(H,25,26)/t17-,20-/m0/s1. The van der Waals surface area contributed by atoms with Gasteiger partial charge in [-0.3, -0.25) is 19.5 Å². The molecule has 2 aromatic rings. The summed E-state index contributed by atoms with van der Waals surface area (Å²) < 4.78 is 0. The molecule has 0 saturated carbocycles. The molecule has 1 amide bonds. The summed E-state index contributed by atoms with van der Waals surface area (Å²) in [6, 6.07) is 8.07. The van der Waals surface area contributed by atoms with E-state index in [2.05, 4.69) is 16.0 Å². The van der Waals surface area contributed by atoms with Crippen LogP contribution in [0.1, 0.15) is 18.9 Å². The van der Waals surface area contributed by atoms with Crippen molar-refractivity contribution in [3.63, 3.8) is 0 Å². The monoisotopic (exact) mass is 353 g/mol. The largest absolute Gasteiger partial charge is 0.481 e. The molecule has 6 heteroatoms. The zero-order valence-electron chi connectivity index (χ0n) is 14.9. The van der Waals surface area contributed by atoms with E-state index in [1.54, 1.807) is 11.1 Å². The molecule has 1 aromatic carbocycles. The highest BCUT2D eigenvalue weighted by Gasteiger charge is 2.61. The number of amides is 1. The number of nitrogens with zero attached hydrogens (tertiary/aromatic N) is 3. The molecule has 2 fully saturated rings. The van der Waals surface area contributed by atoms with Gasteiger partial charge in [0.25, 0.3) is 0 Å². The number of likely N-dealkylation sites (tertiary alicyclic amines) is 2. The first-order chi connectivity index (χ1) is 12.5. The Morgan fingerprint density at radius 3 is 2.92 bits per heavy atom. The van der Waals surface area contributed by atoms with Crippen molar-refractivity contribution >= 4 is 22.6 Å². The highest BCUT2D eigenvalue weighted by Crippen LogP contribution is 2.44. The zero-order chi connectivity index (χ0) is 18.3. The molecule has 2 atom stereocenters. The fourth-order valence-electron chi connectivity index (χ4n) is 4.55. The van der Waals surface area contributed by atoms with Crippen molar-refractivity contribution in [2.45, 2.75) is 19.9 Å². The third-order valence-electron chi connectivity index (χ3n) is 5.78.